The number of amides is 1. The molecule has 9 nitrogen and oxygen atoms in total. The largest absolute Gasteiger partial charge is 0.392 e. The molecule has 9 heteroatoms. The maximum Gasteiger partial charge on any atom is 0.271 e. The van der Waals surface area contributed by atoms with Crippen LogP contribution < -0.4 is 5.32 Å². The first-order valence-corrected chi connectivity index (χ1v) is 17.0. The van der Waals surface area contributed by atoms with Gasteiger partial charge in [0.2, 0.25) is 0 Å². The summed E-state index contributed by atoms with van der Waals surface area (Å²) in [5.74, 6) is -0.271. The van der Waals surface area contributed by atoms with Gasteiger partial charge in [0.1, 0.15) is 5.69 Å². The molecule has 1 aromatic heterocycles. The van der Waals surface area contributed by atoms with E-state index in [0.717, 1.165) is 77.9 Å². The van der Waals surface area contributed by atoms with Crippen molar-refractivity contribution in [2.75, 3.05) is 26.8 Å². The quantitative estimate of drug-likeness (QED) is 0.169. The predicted molar refractivity (Wildman–Crippen MR) is 187 cm³/mol. The lowest BCUT2D eigenvalue weighted by atomic mass is 9.97. The first-order valence-electron chi connectivity index (χ1n) is 17.0. The van der Waals surface area contributed by atoms with Crippen LogP contribution in [0.1, 0.15) is 64.4 Å². The summed E-state index contributed by atoms with van der Waals surface area (Å²) in [7, 11) is 1.77. The number of nitrogens with zero attached hydrogens (tertiary/aromatic N) is 3. The zero-order valence-electron chi connectivity index (χ0n) is 27.7. The highest BCUT2D eigenvalue weighted by Crippen LogP contribution is 2.39. The van der Waals surface area contributed by atoms with Gasteiger partial charge in [-0.05, 0) is 59.3 Å². The Morgan fingerprint density at radius 3 is 2.49 bits per heavy atom. The minimum atomic E-state index is -0.531. The summed E-state index contributed by atoms with van der Waals surface area (Å²) in [6.45, 7) is 2.94. The summed E-state index contributed by atoms with van der Waals surface area (Å²) in [6.07, 6.45) is 3.86. The fourth-order valence-electron chi connectivity index (χ4n) is 6.92. The Kier molecular flexibility index (Phi) is 10.3. The summed E-state index contributed by atoms with van der Waals surface area (Å²) in [4.78, 5) is 24.4. The van der Waals surface area contributed by atoms with Gasteiger partial charge < -0.3 is 24.6 Å². The molecule has 0 saturated carbocycles. The van der Waals surface area contributed by atoms with E-state index >= 15 is 0 Å². The third-order valence-electron chi connectivity index (χ3n) is 9.54. The van der Waals surface area contributed by atoms with Gasteiger partial charge in [-0.3, -0.25) is 14.7 Å². The van der Waals surface area contributed by atoms with Crippen LogP contribution in [0, 0.1) is 0 Å². The van der Waals surface area contributed by atoms with Crippen molar-refractivity contribution in [3.63, 3.8) is 0 Å². The summed E-state index contributed by atoms with van der Waals surface area (Å²) in [5, 5.41) is 12.6. The number of rotatable bonds is 11. The van der Waals surface area contributed by atoms with E-state index in [1.807, 2.05) is 66.7 Å². The molecule has 4 unspecified atom stereocenters. The molecule has 2 N–H and O–H groups in total. The number of nitrogens with one attached hydrogen (secondary N) is 1. The molecule has 2 aliphatic heterocycles. The Morgan fingerprint density at radius 1 is 0.939 bits per heavy atom. The number of ether oxygens (including phenoxy) is 3. The second-order valence-electron chi connectivity index (χ2n) is 12.8. The van der Waals surface area contributed by atoms with E-state index in [1.54, 1.807) is 7.11 Å². The maximum absolute atomic E-state index is 13.0. The van der Waals surface area contributed by atoms with Gasteiger partial charge in [-0.25, -0.2) is 4.98 Å². The molecule has 49 heavy (non-hydrogen) atoms. The zero-order valence-corrected chi connectivity index (χ0v) is 27.7. The van der Waals surface area contributed by atoms with E-state index in [1.165, 1.54) is 6.20 Å². The average Bonchev–Trinajstić information content (AvgIpc) is 3.59. The second-order valence-corrected chi connectivity index (χ2v) is 12.8. The Labute approximate surface area is 286 Å². The summed E-state index contributed by atoms with van der Waals surface area (Å²) in [5.41, 5.74) is 7.67. The fraction of sp³-hybridized carbons (Fsp3) is 0.325. The van der Waals surface area contributed by atoms with Crippen LogP contribution in [0.25, 0.3) is 22.2 Å². The van der Waals surface area contributed by atoms with E-state index < -0.39 is 6.29 Å². The molecule has 7 rings (SSSR count). The first kappa shape index (κ1) is 33.0. The van der Waals surface area contributed by atoms with Gasteiger partial charge in [0, 0.05) is 38.2 Å². The molecule has 2 saturated heterocycles. The number of fused-ring (bicyclic) bond motifs is 1. The molecule has 4 aromatic carbocycles. The molecule has 1 amide bonds. The highest BCUT2D eigenvalue weighted by Gasteiger charge is 2.35. The molecule has 5 aromatic rings. The van der Waals surface area contributed by atoms with Crippen molar-refractivity contribution in [2.45, 2.75) is 57.0 Å². The van der Waals surface area contributed by atoms with E-state index in [2.05, 4.69) is 50.5 Å². The van der Waals surface area contributed by atoms with Crippen molar-refractivity contribution in [2.24, 2.45) is 0 Å². The zero-order chi connectivity index (χ0) is 33.6. The molecule has 252 valence electrons. The fourth-order valence-corrected chi connectivity index (χ4v) is 6.92. The van der Waals surface area contributed by atoms with Gasteiger partial charge in [-0.2, -0.15) is 0 Å². The van der Waals surface area contributed by atoms with E-state index in [9.17, 15) is 9.90 Å². The maximum atomic E-state index is 13.0. The molecular formula is C40H42N4O5. The predicted octanol–water partition coefficient (Wildman–Crippen LogP) is 6.38. The third-order valence-corrected chi connectivity index (χ3v) is 9.54. The lowest BCUT2D eigenvalue weighted by molar-refractivity contribution is -0.253. The Bertz CT molecular complexity index is 1870. The Morgan fingerprint density at radius 2 is 1.69 bits per heavy atom. The molecule has 4 atom stereocenters. The number of benzene rings is 4. The van der Waals surface area contributed by atoms with Crippen molar-refractivity contribution in [3.05, 3.63) is 131 Å². The van der Waals surface area contributed by atoms with E-state index in [4.69, 9.17) is 14.2 Å². The van der Waals surface area contributed by atoms with Crippen LogP contribution in [-0.2, 0) is 27.4 Å². The smallest absolute Gasteiger partial charge is 0.271 e. The van der Waals surface area contributed by atoms with Gasteiger partial charge in [0.25, 0.3) is 5.91 Å². The Hall–Kier alpha value is -4.51. The van der Waals surface area contributed by atoms with Gasteiger partial charge >= 0.3 is 0 Å². The number of hydrogen-bond donors (Lipinski definition) is 2. The van der Waals surface area contributed by atoms with Crippen molar-refractivity contribution in [3.8, 4) is 11.1 Å². The highest BCUT2D eigenvalue weighted by atomic mass is 16.7. The minimum Gasteiger partial charge on any atom is -0.392 e. The second kappa shape index (κ2) is 15.4. The molecule has 0 radical (unpaired) electrons. The number of aromatic nitrogens is 2. The highest BCUT2D eigenvalue weighted by molar-refractivity contribution is 5.93. The number of aliphatic hydroxyl groups is 1. The number of carbonyl (C=O) groups excluding carboxylic acids is 1. The Balaban J connectivity index is 1.07. The summed E-state index contributed by atoms with van der Waals surface area (Å²) < 4.78 is 18.8. The molecule has 2 aliphatic rings. The number of methoxy groups -OCH3 is 1. The van der Waals surface area contributed by atoms with Crippen LogP contribution in [-0.4, -0.2) is 64.8 Å². The normalized spacial score (nSPS) is 21.2. The minimum absolute atomic E-state index is 0.0109. The molecular weight excluding hydrogens is 616 g/mol. The SMILES string of the molecule is COCC1CCCN1CC1CC(c2ccc(CO)cc2)OC(c2ccc(-c3ccccc3CNC(=O)c3cnc4ccccc4n3)cc2)O1. The number of carbonyl (C=O) groups is 1. The van der Waals surface area contributed by atoms with Gasteiger partial charge in [0.15, 0.2) is 6.29 Å². The van der Waals surface area contributed by atoms with Crippen LogP contribution in [0.3, 0.4) is 0 Å². The van der Waals surface area contributed by atoms with Gasteiger partial charge in [-0.1, -0.05) is 84.9 Å². The lowest BCUT2D eigenvalue weighted by Crippen LogP contribution is -2.42. The van der Waals surface area contributed by atoms with Crippen molar-refractivity contribution in [1.29, 1.82) is 0 Å². The number of likely N-dealkylation sites (tertiary alicyclic amines) is 1. The molecule has 0 spiro atoms. The van der Waals surface area contributed by atoms with Crippen LogP contribution in [0.2, 0.25) is 0 Å². The van der Waals surface area contributed by atoms with Crippen molar-refractivity contribution >= 4 is 16.9 Å². The van der Waals surface area contributed by atoms with E-state index in [-0.39, 0.29) is 30.4 Å². The molecule has 2 fully saturated rings. The summed E-state index contributed by atoms with van der Waals surface area (Å²) >= 11 is 0. The van der Waals surface area contributed by atoms with Crippen LogP contribution in [0.15, 0.2) is 103 Å². The number of para-hydroxylation sites is 2. The molecule has 3 heterocycles. The van der Waals surface area contributed by atoms with Crippen molar-refractivity contribution < 1.29 is 24.1 Å². The van der Waals surface area contributed by atoms with Crippen LogP contribution in [0.4, 0.5) is 0 Å². The van der Waals surface area contributed by atoms with Crippen LogP contribution >= 0.6 is 0 Å². The average molecular weight is 659 g/mol. The van der Waals surface area contributed by atoms with Crippen molar-refractivity contribution in [1.82, 2.24) is 20.2 Å². The van der Waals surface area contributed by atoms with Crippen LogP contribution in [0.5, 0.6) is 0 Å². The standard InChI is InChI=1S/C40H42N4O5/c1-47-26-32-8-6-20-44(32)24-33-21-38(29-14-12-27(25-45)13-15-29)49-40(48-33)30-18-16-28(17-19-30)34-9-3-2-7-31(34)22-42-39(46)37-23-41-35-10-4-5-11-36(35)43-37/h2-5,7,9-19,23,32-33,38,40,45H,6,8,20-22,24-26H2,1H3,(H,42,46). The van der Waals surface area contributed by atoms with Gasteiger partial charge in [0.05, 0.1) is 42.7 Å². The topological polar surface area (TPSA) is 106 Å². The number of hydrogen-bond acceptors (Lipinski definition) is 8. The third kappa shape index (κ3) is 7.72. The molecule has 0 aliphatic carbocycles. The molecule has 0 bridgehead atoms. The summed E-state index contributed by atoms with van der Waals surface area (Å²) in [6, 6.07) is 32.3. The lowest BCUT2D eigenvalue weighted by Gasteiger charge is -2.38. The van der Waals surface area contributed by atoms with Gasteiger partial charge in [-0.15, -0.1) is 0 Å². The monoisotopic (exact) mass is 658 g/mol. The number of aliphatic hydroxyl groups excluding tert-OH is 1. The first-order chi connectivity index (χ1) is 24.1. The van der Waals surface area contributed by atoms with E-state index in [0.29, 0.717) is 18.1 Å².